The fraction of sp³-hybridized carbons (Fsp3) is 0.944. The van der Waals surface area contributed by atoms with Crippen LogP contribution in [-0.4, -0.2) is 43.9 Å². The summed E-state index contributed by atoms with van der Waals surface area (Å²) >= 11 is 13.7. The Kier molecular flexibility index (Phi) is 8.60. The molecular formula is C36H58N2S2. The molecule has 0 radical (unpaired) electrons. The van der Waals surface area contributed by atoms with Gasteiger partial charge in [-0.1, -0.05) is 101 Å². The molecule has 4 heteroatoms. The zero-order chi connectivity index (χ0) is 27.2. The minimum atomic E-state index is 0.253. The summed E-state index contributed by atoms with van der Waals surface area (Å²) in [6.45, 7) is 0. The summed E-state index contributed by atoms with van der Waals surface area (Å²) in [5, 5.41) is 0. The van der Waals surface area contributed by atoms with Gasteiger partial charge >= 0.3 is 0 Å². The van der Waals surface area contributed by atoms with Crippen LogP contribution in [0.4, 0.5) is 0 Å². The summed E-state index contributed by atoms with van der Waals surface area (Å²) in [4.78, 5) is 8.85. The molecule has 4 bridgehead atoms. The topological polar surface area (TPSA) is 6.48 Å². The summed E-state index contributed by atoms with van der Waals surface area (Å²) < 4.78 is 0. The average molecular weight is 583 g/mol. The van der Waals surface area contributed by atoms with Crippen LogP contribution in [0.25, 0.3) is 0 Å². The van der Waals surface area contributed by atoms with Crippen LogP contribution in [0.5, 0.6) is 0 Å². The molecule has 0 aromatic heterocycles. The fourth-order valence-electron chi connectivity index (χ4n) is 12.0. The Morgan fingerprint density at radius 2 is 0.700 bits per heavy atom. The van der Waals surface area contributed by atoms with Crippen molar-refractivity contribution in [1.82, 2.24) is 9.80 Å². The predicted octanol–water partition coefficient (Wildman–Crippen LogP) is 10.2. The van der Waals surface area contributed by atoms with Gasteiger partial charge in [0.05, 0.1) is 9.98 Å². The van der Waals surface area contributed by atoms with Crippen molar-refractivity contribution in [2.75, 3.05) is 0 Å². The van der Waals surface area contributed by atoms with Gasteiger partial charge in [-0.25, -0.2) is 0 Å². The second-order valence-electron chi connectivity index (χ2n) is 16.1. The Hall–Kier alpha value is -0.220. The van der Waals surface area contributed by atoms with Gasteiger partial charge in [0.15, 0.2) is 0 Å². The number of nitrogens with zero attached hydrogens (tertiary/aromatic N) is 2. The summed E-state index contributed by atoms with van der Waals surface area (Å²) in [7, 11) is 0. The normalized spacial score (nSPS) is 37.9. The molecule has 8 fully saturated rings. The van der Waals surface area contributed by atoms with Crippen molar-refractivity contribution in [3.63, 3.8) is 0 Å². The molecule has 2 nitrogen and oxygen atoms in total. The van der Waals surface area contributed by atoms with Crippen LogP contribution >= 0.6 is 24.4 Å². The van der Waals surface area contributed by atoms with Gasteiger partial charge in [-0.05, 0) is 102 Å². The molecule has 8 aliphatic carbocycles. The van der Waals surface area contributed by atoms with Crippen molar-refractivity contribution in [1.29, 1.82) is 0 Å². The number of hydrogen-bond acceptors (Lipinski definition) is 2. The molecule has 224 valence electrons. The van der Waals surface area contributed by atoms with Crippen molar-refractivity contribution >= 4 is 34.4 Å². The Balaban J connectivity index is 1.20. The van der Waals surface area contributed by atoms with Gasteiger partial charge in [0.1, 0.15) is 0 Å². The number of hydrogen-bond donors (Lipinski definition) is 0. The van der Waals surface area contributed by atoms with Crippen molar-refractivity contribution in [2.24, 2.45) is 22.7 Å². The van der Waals surface area contributed by atoms with Gasteiger partial charge in [0, 0.05) is 35.0 Å². The third-order valence-electron chi connectivity index (χ3n) is 13.3. The van der Waals surface area contributed by atoms with Crippen LogP contribution < -0.4 is 0 Å². The van der Waals surface area contributed by atoms with Crippen LogP contribution in [0, 0.1) is 22.7 Å². The van der Waals surface area contributed by atoms with E-state index in [2.05, 4.69) is 9.80 Å². The largest absolute Gasteiger partial charge is 0.360 e. The summed E-state index contributed by atoms with van der Waals surface area (Å²) in [6, 6.07) is 2.89. The van der Waals surface area contributed by atoms with E-state index >= 15 is 0 Å². The zero-order valence-electron chi connectivity index (χ0n) is 25.6. The van der Waals surface area contributed by atoms with Gasteiger partial charge in [0.2, 0.25) is 0 Å². The second-order valence-corrected chi connectivity index (χ2v) is 16.9. The highest BCUT2D eigenvalue weighted by molar-refractivity contribution is 7.80. The van der Waals surface area contributed by atoms with Crippen molar-refractivity contribution in [2.45, 2.75) is 191 Å². The maximum atomic E-state index is 6.85. The smallest absolute Gasteiger partial charge is 0.0847 e. The van der Waals surface area contributed by atoms with Gasteiger partial charge in [-0.15, -0.1) is 0 Å². The Morgan fingerprint density at radius 3 is 0.975 bits per heavy atom. The average Bonchev–Trinajstić information content (AvgIpc) is 2.99. The highest BCUT2D eigenvalue weighted by atomic mass is 32.1. The molecular weight excluding hydrogens is 525 g/mol. The lowest BCUT2D eigenvalue weighted by Gasteiger charge is -2.65. The van der Waals surface area contributed by atoms with Crippen LogP contribution in [-0.2, 0) is 0 Å². The molecule has 0 atom stereocenters. The Labute approximate surface area is 257 Å². The lowest BCUT2D eigenvalue weighted by Crippen LogP contribution is -2.64. The van der Waals surface area contributed by atoms with E-state index in [4.69, 9.17) is 24.4 Å². The Bertz CT molecular complexity index is 786. The second kappa shape index (κ2) is 12.0. The first kappa shape index (κ1) is 28.5. The van der Waals surface area contributed by atoms with Crippen molar-refractivity contribution in [3.8, 4) is 0 Å². The van der Waals surface area contributed by atoms with E-state index in [-0.39, 0.29) is 10.8 Å². The molecule has 0 spiro atoms. The molecule has 40 heavy (non-hydrogen) atoms. The zero-order valence-corrected chi connectivity index (χ0v) is 27.2. The van der Waals surface area contributed by atoms with E-state index in [1.807, 2.05) is 0 Å². The quantitative estimate of drug-likeness (QED) is 0.287. The van der Waals surface area contributed by atoms with E-state index < -0.39 is 0 Å². The fourth-order valence-corrected chi connectivity index (χ4v) is 13.1. The number of rotatable bonds is 6. The highest BCUT2D eigenvalue weighted by Crippen LogP contribution is 2.67. The van der Waals surface area contributed by atoms with Crippen molar-refractivity contribution < 1.29 is 0 Å². The lowest BCUT2D eigenvalue weighted by atomic mass is 9.43. The molecule has 0 N–H and O–H groups in total. The lowest BCUT2D eigenvalue weighted by molar-refractivity contribution is -0.0554. The third-order valence-corrected chi connectivity index (χ3v) is 14.6. The van der Waals surface area contributed by atoms with Crippen molar-refractivity contribution in [3.05, 3.63) is 0 Å². The molecule has 0 heterocycles. The van der Waals surface area contributed by atoms with Crippen LogP contribution in [0.2, 0.25) is 0 Å². The standard InChI is InChI=1S/C36H58N2S2/c39-33(37(29-13-5-1-6-14-29)30-15-7-2-8-16-30)35-22-27-21-28(23-35)25-36(24-27,26-35)34(40)38(31-17-9-3-10-18-31)32-19-11-4-12-20-32/h27-32H,1-26H2. The monoisotopic (exact) mass is 582 g/mol. The van der Waals surface area contributed by atoms with E-state index in [0.29, 0.717) is 0 Å². The molecule has 0 aromatic carbocycles. The maximum Gasteiger partial charge on any atom is 0.0847 e. The molecule has 0 aromatic rings. The minimum Gasteiger partial charge on any atom is -0.360 e. The van der Waals surface area contributed by atoms with E-state index in [9.17, 15) is 0 Å². The predicted molar refractivity (Wildman–Crippen MR) is 176 cm³/mol. The molecule has 0 saturated heterocycles. The first-order valence-corrected chi connectivity index (χ1v) is 19.0. The van der Waals surface area contributed by atoms with Crippen LogP contribution in [0.3, 0.4) is 0 Å². The Morgan fingerprint density at radius 1 is 0.425 bits per heavy atom. The van der Waals surface area contributed by atoms with E-state index in [1.54, 1.807) is 0 Å². The molecule has 0 aliphatic heterocycles. The summed E-state index contributed by atoms with van der Waals surface area (Å²) in [5.74, 6) is 1.72. The molecule has 8 saturated carbocycles. The van der Waals surface area contributed by atoms with Crippen LogP contribution in [0.1, 0.15) is 167 Å². The van der Waals surface area contributed by atoms with E-state index in [1.165, 1.54) is 177 Å². The highest BCUT2D eigenvalue weighted by Gasteiger charge is 2.62. The van der Waals surface area contributed by atoms with Gasteiger partial charge < -0.3 is 9.80 Å². The van der Waals surface area contributed by atoms with E-state index in [0.717, 1.165) is 36.0 Å². The maximum absolute atomic E-state index is 6.85. The molecule has 8 rings (SSSR count). The van der Waals surface area contributed by atoms with Gasteiger partial charge in [-0.3, -0.25) is 0 Å². The molecule has 0 amide bonds. The molecule has 8 aliphatic rings. The minimum absolute atomic E-state index is 0.253. The van der Waals surface area contributed by atoms with Crippen LogP contribution in [0.15, 0.2) is 0 Å². The SMILES string of the molecule is S=C(N(C1CCCCC1)C1CCCCC1)C12CC3CC(C1)CC(C(=S)N(C1CCCCC1)C1CCCCC1)(C3)C2. The first-order chi connectivity index (χ1) is 19.6. The third kappa shape index (κ3) is 5.35. The van der Waals surface area contributed by atoms with Gasteiger partial charge in [0.25, 0.3) is 0 Å². The number of thiocarbonyl (C=S) groups is 2. The summed E-state index contributed by atoms with van der Waals surface area (Å²) in [5.41, 5.74) is 0.506. The van der Waals surface area contributed by atoms with Gasteiger partial charge in [-0.2, -0.15) is 0 Å². The molecule has 0 unspecified atom stereocenters. The summed E-state index contributed by atoms with van der Waals surface area (Å²) in [6.07, 6.45) is 36.5. The first-order valence-electron chi connectivity index (χ1n) is 18.2.